The minimum atomic E-state index is -0.399. The van der Waals surface area contributed by atoms with Gasteiger partial charge in [0.1, 0.15) is 5.60 Å². The van der Waals surface area contributed by atoms with Crippen LogP contribution in [0, 0.1) is 0 Å². The highest BCUT2D eigenvalue weighted by Crippen LogP contribution is 2.15. The van der Waals surface area contributed by atoms with Gasteiger partial charge in [0.15, 0.2) is 0 Å². The van der Waals surface area contributed by atoms with Crippen LogP contribution < -0.4 is 5.32 Å². The summed E-state index contributed by atoms with van der Waals surface area (Å²) in [5.74, 6) is 1.21. The first kappa shape index (κ1) is 16.6. The molecule has 0 aromatic carbocycles. The van der Waals surface area contributed by atoms with E-state index in [0.717, 1.165) is 32.5 Å². The van der Waals surface area contributed by atoms with E-state index in [9.17, 15) is 4.79 Å². The lowest BCUT2D eigenvalue weighted by Crippen LogP contribution is -2.46. The van der Waals surface area contributed by atoms with Crippen LogP contribution in [0.4, 0.5) is 4.79 Å². The number of hydrogen-bond donors (Lipinski definition) is 1. The van der Waals surface area contributed by atoms with Crippen LogP contribution >= 0.6 is 11.8 Å². The maximum Gasteiger partial charge on any atom is 0.410 e. The van der Waals surface area contributed by atoms with Gasteiger partial charge in [-0.25, -0.2) is 4.79 Å². The van der Waals surface area contributed by atoms with Crippen molar-refractivity contribution in [3.8, 4) is 0 Å². The Bertz CT molecular complexity index is 271. The van der Waals surface area contributed by atoms with E-state index >= 15 is 0 Å². The monoisotopic (exact) mass is 288 g/mol. The van der Waals surface area contributed by atoms with Crippen molar-refractivity contribution >= 4 is 17.9 Å². The molecule has 0 aromatic heterocycles. The van der Waals surface area contributed by atoms with Gasteiger partial charge in [0.25, 0.3) is 0 Å². The van der Waals surface area contributed by atoms with Crippen LogP contribution in [0.2, 0.25) is 0 Å². The molecule has 0 spiro atoms. The number of piperidine rings is 1. The molecule has 1 aliphatic heterocycles. The van der Waals surface area contributed by atoms with Gasteiger partial charge >= 0.3 is 6.09 Å². The smallest absolute Gasteiger partial charge is 0.410 e. The third-order valence-electron chi connectivity index (χ3n) is 3.10. The van der Waals surface area contributed by atoms with Gasteiger partial charge in [0.05, 0.1) is 0 Å². The molecule has 19 heavy (non-hydrogen) atoms. The fourth-order valence-electron chi connectivity index (χ4n) is 2.12. The van der Waals surface area contributed by atoms with Crippen LogP contribution in [0.5, 0.6) is 0 Å². The number of ether oxygens (including phenoxy) is 1. The summed E-state index contributed by atoms with van der Waals surface area (Å²) >= 11 is 1.89. The summed E-state index contributed by atoms with van der Waals surface area (Å²) in [6.45, 7) is 8.41. The first-order valence-electron chi connectivity index (χ1n) is 7.12. The molecule has 0 bridgehead atoms. The molecule has 112 valence electrons. The van der Waals surface area contributed by atoms with Gasteiger partial charge < -0.3 is 15.0 Å². The average molecular weight is 288 g/mol. The van der Waals surface area contributed by atoms with Gasteiger partial charge in [-0.1, -0.05) is 0 Å². The molecular weight excluding hydrogens is 260 g/mol. The van der Waals surface area contributed by atoms with Gasteiger partial charge in [-0.2, -0.15) is 11.8 Å². The second-order valence-electron chi connectivity index (χ2n) is 6.04. The Balaban J connectivity index is 2.19. The van der Waals surface area contributed by atoms with Crippen molar-refractivity contribution in [2.45, 2.75) is 51.7 Å². The topological polar surface area (TPSA) is 41.6 Å². The highest BCUT2D eigenvalue weighted by atomic mass is 32.2. The Kier molecular flexibility index (Phi) is 7.00. The highest BCUT2D eigenvalue weighted by Gasteiger charge is 2.26. The molecule has 0 radical (unpaired) electrons. The van der Waals surface area contributed by atoms with E-state index in [-0.39, 0.29) is 6.09 Å². The van der Waals surface area contributed by atoms with Crippen LogP contribution in [-0.4, -0.2) is 54.3 Å². The zero-order valence-corrected chi connectivity index (χ0v) is 13.5. The van der Waals surface area contributed by atoms with E-state index in [1.807, 2.05) is 37.4 Å². The molecule has 1 fully saturated rings. The zero-order valence-electron chi connectivity index (χ0n) is 12.7. The molecule has 1 aliphatic rings. The van der Waals surface area contributed by atoms with Crippen LogP contribution in [-0.2, 0) is 4.74 Å². The molecule has 4 nitrogen and oxygen atoms in total. The summed E-state index contributed by atoms with van der Waals surface area (Å²) in [4.78, 5) is 13.7. The van der Waals surface area contributed by atoms with Gasteiger partial charge in [0.2, 0.25) is 0 Å². The van der Waals surface area contributed by atoms with Gasteiger partial charge in [-0.05, 0) is 58.6 Å². The first-order valence-corrected chi connectivity index (χ1v) is 8.52. The van der Waals surface area contributed by atoms with E-state index in [1.165, 1.54) is 12.2 Å². The van der Waals surface area contributed by atoms with Crippen molar-refractivity contribution in [2.24, 2.45) is 0 Å². The minimum Gasteiger partial charge on any atom is -0.444 e. The summed E-state index contributed by atoms with van der Waals surface area (Å²) in [5.41, 5.74) is -0.399. The second kappa shape index (κ2) is 8.00. The quantitative estimate of drug-likeness (QED) is 0.790. The number of likely N-dealkylation sites (tertiary alicyclic amines) is 1. The Morgan fingerprint density at radius 1 is 1.37 bits per heavy atom. The van der Waals surface area contributed by atoms with E-state index in [1.54, 1.807) is 0 Å². The molecule has 0 saturated carbocycles. The summed E-state index contributed by atoms with van der Waals surface area (Å²) in [6.07, 6.45) is 5.23. The molecule has 1 saturated heterocycles. The standard InChI is InChI=1S/C14H28N2O2S/c1-14(2,3)18-13(17)16-9-6-12(7-10-16)15-8-5-11-19-4/h12,15H,5-11H2,1-4H3. The summed E-state index contributed by atoms with van der Waals surface area (Å²) in [6, 6.07) is 0.556. The van der Waals surface area contributed by atoms with E-state index in [4.69, 9.17) is 4.74 Å². The molecular formula is C14H28N2O2S. The van der Waals surface area contributed by atoms with Crippen molar-refractivity contribution < 1.29 is 9.53 Å². The lowest BCUT2D eigenvalue weighted by Gasteiger charge is -2.33. The number of carbonyl (C=O) groups is 1. The molecule has 1 amide bonds. The molecule has 1 N–H and O–H groups in total. The molecule has 0 unspecified atom stereocenters. The van der Waals surface area contributed by atoms with Crippen molar-refractivity contribution in [1.29, 1.82) is 0 Å². The molecule has 1 rings (SSSR count). The third kappa shape index (κ3) is 7.06. The molecule has 0 aromatic rings. The number of hydrogen-bond acceptors (Lipinski definition) is 4. The lowest BCUT2D eigenvalue weighted by molar-refractivity contribution is 0.0198. The maximum atomic E-state index is 11.9. The van der Waals surface area contributed by atoms with Gasteiger partial charge in [-0.15, -0.1) is 0 Å². The Morgan fingerprint density at radius 3 is 2.53 bits per heavy atom. The van der Waals surface area contributed by atoms with Gasteiger partial charge in [-0.3, -0.25) is 0 Å². The summed E-state index contributed by atoms with van der Waals surface area (Å²) in [5, 5.41) is 3.57. The van der Waals surface area contributed by atoms with Gasteiger partial charge in [0, 0.05) is 19.1 Å². The Morgan fingerprint density at radius 2 is 2.00 bits per heavy atom. The number of amides is 1. The van der Waals surface area contributed by atoms with E-state index in [0.29, 0.717) is 6.04 Å². The van der Waals surface area contributed by atoms with E-state index in [2.05, 4.69) is 11.6 Å². The molecule has 1 heterocycles. The number of thioether (sulfide) groups is 1. The van der Waals surface area contributed by atoms with E-state index < -0.39 is 5.60 Å². The number of nitrogens with one attached hydrogen (secondary N) is 1. The number of nitrogens with zero attached hydrogens (tertiary/aromatic N) is 1. The summed E-state index contributed by atoms with van der Waals surface area (Å²) in [7, 11) is 0. The molecule has 0 atom stereocenters. The molecule has 0 aliphatic carbocycles. The normalized spacial score (nSPS) is 17.6. The first-order chi connectivity index (χ1) is 8.92. The van der Waals surface area contributed by atoms with Crippen molar-refractivity contribution in [3.05, 3.63) is 0 Å². The van der Waals surface area contributed by atoms with Crippen molar-refractivity contribution in [2.75, 3.05) is 31.6 Å². The zero-order chi connectivity index (χ0) is 14.3. The van der Waals surface area contributed by atoms with Crippen LogP contribution in [0.15, 0.2) is 0 Å². The largest absolute Gasteiger partial charge is 0.444 e. The van der Waals surface area contributed by atoms with Crippen LogP contribution in [0.3, 0.4) is 0 Å². The van der Waals surface area contributed by atoms with Crippen molar-refractivity contribution in [1.82, 2.24) is 10.2 Å². The minimum absolute atomic E-state index is 0.173. The fourth-order valence-corrected chi connectivity index (χ4v) is 2.55. The third-order valence-corrected chi connectivity index (χ3v) is 3.80. The fraction of sp³-hybridized carbons (Fsp3) is 0.929. The SMILES string of the molecule is CSCCCNC1CCN(C(=O)OC(C)(C)C)CC1. The average Bonchev–Trinajstić information content (AvgIpc) is 2.33. The van der Waals surface area contributed by atoms with Crippen molar-refractivity contribution in [3.63, 3.8) is 0 Å². The van der Waals surface area contributed by atoms with Crippen LogP contribution in [0.1, 0.15) is 40.0 Å². The Labute approximate surface area is 121 Å². The predicted molar refractivity (Wildman–Crippen MR) is 81.8 cm³/mol. The predicted octanol–water partition coefficient (Wildman–Crippen LogP) is 2.73. The lowest BCUT2D eigenvalue weighted by atomic mass is 10.1. The van der Waals surface area contributed by atoms with Crippen LogP contribution in [0.25, 0.3) is 0 Å². The second-order valence-corrected chi connectivity index (χ2v) is 7.03. The Hall–Kier alpha value is -0.420. The maximum absolute atomic E-state index is 11.9. The number of rotatable bonds is 5. The highest BCUT2D eigenvalue weighted by molar-refractivity contribution is 7.98. The number of carbonyl (C=O) groups excluding carboxylic acids is 1. The summed E-state index contributed by atoms with van der Waals surface area (Å²) < 4.78 is 5.39. The molecule has 5 heteroatoms.